The third-order valence-corrected chi connectivity index (χ3v) is 3.56. The van der Waals surface area contributed by atoms with Crippen LogP contribution in [0.2, 0.25) is 0 Å². The Kier molecular flexibility index (Phi) is 6.46. The van der Waals surface area contributed by atoms with Crippen molar-refractivity contribution in [3.63, 3.8) is 0 Å². The fourth-order valence-electron chi connectivity index (χ4n) is 2.51. The lowest BCUT2D eigenvalue weighted by Crippen LogP contribution is -2.35. The molecule has 106 valence electrons. The number of benzene rings is 1. The number of carbonyl (C=O) groups is 1. The highest BCUT2D eigenvalue weighted by Gasteiger charge is 2.19. The number of rotatable bonds is 4. The summed E-state index contributed by atoms with van der Waals surface area (Å²) in [6.07, 6.45) is 3.77. The summed E-state index contributed by atoms with van der Waals surface area (Å²) >= 11 is 0. The average molecular weight is 286 g/mol. The molecule has 0 radical (unpaired) electrons. The van der Waals surface area contributed by atoms with Crippen molar-refractivity contribution >= 4 is 18.2 Å². The van der Waals surface area contributed by atoms with Crippen LogP contribution in [0.4, 0.5) is 4.39 Å². The summed E-state index contributed by atoms with van der Waals surface area (Å²) < 4.78 is 12.8. The van der Waals surface area contributed by atoms with E-state index in [2.05, 4.69) is 4.90 Å². The van der Waals surface area contributed by atoms with Crippen molar-refractivity contribution in [1.82, 2.24) is 4.90 Å². The summed E-state index contributed by atoms with van der Waals surface area (Å²) in [7, 11) is 0. The molecule has 0 aromatic heterocycles. The molecule has 1 unspecified atom stereocenters. The fraction of sp³-hybridized carbons (Fsp3) is 0.533. The molecule has 1 aromatic rings. The first-order chi connectivity index (χ1) is 8.66. The summed E-state index contributed by atoms with van der Waals surface area (Å²) in [6, 6.07) is 5.84. The highest BCUT2D eigenvalue weighted by Crippen LogP contribution is 2.15. The smallest absolute Gasteiger partial charge is 0.166 e. The third kappa shape index (κ3) is 4.59. The molecule has 0 spiro atoms. The molecule has 0 N–H and O–H groups in total. The van der Waals surface area contributed by atoms with Crippen LogP contribution in [0.25, 0.3) is 0 Å². The molecular weight excluding hydrogens is 265 g/mol. The zero-order chi connectivity index (χ0) is 13.0. The van der Waals surface area contributed by atoms with E-state index in [4.69, 9.17) is 0 Å². The molecule has 4 heteroatoms. The molecule has 2 rings (SSSR count). The van der Waals surface area contributed by atoms with Gasteiger partial charge in [-0.3, -0.25) is 4.79 Å². The normalized spacial score (nSPS) is 17.6. The third-order valence-electron chi connectivity index (χ3n) is 3.56. The Morgan fingerprint density at radius 1 is 1.21 bits per heavy atom. The fourth-order valence-corrected chi connectivity index (χ4v) is 2.51. The van der Waals surface area contributed by atoms with Gasteiger partial charge in [0.1, 0.15) is 5.82 Å². The van der Waals surface area contributed by atoms with Gasteiger partial charge in [-0.25, -0.2) is 4.39 Å². The number of halogens is 2. The van der Waals surface area contributed by atoms with Gasteiger partial charge >= 0.3 is 0 Å². The predicted molar refractivity (Wildman–Crippen MR) is 77.4 cm³/mol. The minimum Gasteiger partial charge on any atom is -0.303 e. The molecule has 1 aliphatic rings. The highest BCUT2D eigenvalue weighted by molar-refractivity contribution is 5.97. The molecule has 1 heterocycles. The van der Waals surface area contributed by atoms with Gasteiger partial charge in [0, 0.05) is 18.0 Å². The molecular formula is C15H21ClFNO. The number of piperidine rings is 1. The number of likely N-dealkylation sites (tertiary alicyclic amines) is 1. The van der Waals surface area contributed by atoms with Crippen LogP contribution in [-0.2, 0) is 0 Å². The van der Waals surface area contributed by atoms with Crippen LogP contribution in [0.3, 0.4) is 0 Å². The lowest BCUT2D eigenvalue weighted by atomic mass is 9.98. The first-order valence-electron chi connectivity index (χ1n) is 6.69. The van der Waals surface area contributed by atoms with Crippen LogP contribution in [0.15, 0.2) is 24.3 Å². The molecule has 0 bridgehead atoms. The van der Waals surface area contributed by atoms with Gasteiger partial charge in [0.05, 0.1) is 0 Å². The van der Waals surface area contributed by atoms with Crippen LogP contribution in [0.5, 0.6) is 0 Å². The van der Waals surface area contributed by atoms with Crippen molar-refractivity contribution in [3.8, 4) is 0 Å². The van der Waals surface area contributed by atoms with E-state index < -0.39 is 0 Å². The summed E-state index contributed by atoms with van der Waals surface area (Å²) in [4.78, 5) is 14.5. The van der Waals surface area contributed by atoms with Crippen molar-refractivity contribution in [3.05, 3.63) is 35.6 Å². The zero-order valence-corrected chi connectivity index (χ0v) is 12.1. The van der Waals surface area contributed by atoms with Crippen molar-refractivity contribution in [1.29, 1.82) is 0 Å². The standard InChI is InChI=1S/C15H20FNO.ClH/c1-12(11-17-9-3-2-4-10-17)15(18)13-5-7-14(16)8-6-13;/h5-8,12H,2-4,9-11H2,1H3;1H. The quantitative estimate of drug-likeness (QED) is 0.789. The Morgan fingerprint density at radius 3 is 2.37 bits per heavy atom. The Labute approximate surface area is 120 Å². The Bertz CT molecular complexity index is 401. The molecule has 0 aliphatic carbocycles. The largest absolute Gasteiger partial charge is 0.303 e. The van der Waals surface area contributed by atoms with E-state index in [0.717, 1.165) is 19.6 Å². The molecule has 0 amide bonds. The van der Waals surface area contributed by atoms with Crippen LogP contribution in [0.1, 0.15) is 36.5 Å². The topological polar surface area (TPSA) is 20.3 Å². The van der Waals surface area contributed by atoms with Gasteiger partial charge in [-0.1, -0.05) is 13.3 Å². The average Bonchev–Trinajstić information content (AvgIpc) is 2.40. The van der Waals surface area contributed by atoms with E-state index in [1.807, 2.05) is 6.92 Å². The first-order valence-corrected chi connectivity index (χ1v) is 6.69. The van der Waals surface area contributed by atoms with Gasteiger partial charge in [0.25, 0.3) is 0 Å². The molecule has 2 nitrogen and oxygen atoms in total. The van der Waals surface area contributed by atoms with Gasteiger partial charge in [0.2, 0.25) is 0 Å². The van der Waals surface area contributed by atoms with Crippen molar-refractivity contribution in [2.45, 2.75) is 26.2 Å². The molecule has 19 heavy (non-hydrogen) atoms. The zero-order valence-electron chi connectivity index (χ0n) is 11.3. The van der Waals surface area contributed by atoms with E-state index in [9.17, 15) is 9.18 Å². The van der Waals surface area contributed by atoms with Gasteiger partial charge in [0.15, 0.2) is 5.78 Å². The second kappa shape index (κ2) is 7.61. The van der Waals surface area contributed by atoms with E-state index >= 15 is 0 Å². The predicted octanol–water partition coefficient (Wildman–Crippen LogP) is 3.55. The molecule has 1 aliphatic heterocycles. The second-order valence-electron chi connectivity index (χ2n) is 5.13. The molecule has 1 fully saturated rings. The van der Waals surface area contributed by atoms with Crippen LogP contribution >= 0.6 is 12.4 Å². The van der Waals surface area contributed by atoms with Crippen LogP contribution in [-0.4, -0.2) is 30.3 Å². The number of ketones is 1. The number of hydrogen-bond donors (Lipinski definition) is 0. The van der Waals surface area contributed by atoms with Gasteiger partial charge < -0.3 is 4.90 Å². The van der Waals surface area contributed by atoms with E-state index in [1.54, 1.807) is 12.1 Å². The highest BCUT2D eigenvalue weighted by atomic mass is 35.5. The Morgan fingerprint density at radius 2 is 1.79 bits per heavy atom. The molecule has 1 atom stereocenters. The first kappa shape index (κ1) is 16.1. The van der Waals surface area contributed by atoms with Crippen LogP contribution in [0, 0.1) is 11.7 Å². The lowest BCUT2D eigenvalue weighted by Gasteiger charge is -2.28. The maximum absolute atomic E-state index is 12.8. The summed E-state index contributed by atoms with van der Waals surface area (Å²) in [5.74, 6) is -0.204. The number of Topliss-reactive ketones (excluding diaryl/α,β-unsaturated/α-hetero) is 1. The maximum atomic E-state index is 12.8. The summed E-state index contributed by atoms with van der Waals surface area (Å²) in [6.45, 7) is 4.97. The van der Waals surface area contributed by atoms with E-state index in [-0.39, 0.29) is 29.9 Å². The van der Waals surface area contributed by atoms with Gasteiger partial charge in [-0.15, -0.1) is 12.4 Å². The molecule has 0 saturated carbocycles. The number of nitrogens with zero attached hydrogens (tertiary/aromatic N) is 1. The van der Waals surface area contributed by atoms with Gasteiger partial charge in [-0.2, -0.15) is 0 Å². The minimum atomic E-state index is -0.296. The van der Waals surface area contributed by atoms with Gasteiger partial charge in [-0.05, 0) is 50.2 Å². The SMILES string of the molecule is CC(CN1CCCCC1)C(=O)c1ccc(F)cc1.Cl. The van der Waals surface area contributed by atoms with Crippen molar-refractivity contribution in [2.24, 2.45) is 5.92 Å². The maximum Gasteiger partial charge on any atom is 0.166 e. The molecule has 1 saturated heterocycles. The second-order valence-corrected chi connectivity index (χ2v) is 5.13. The summed E-state index contributed by atoms with van der Waals surface area (Å²) in [5, 5.41) is 0. The van der Waals surface area contributed by atoms with E-state index in [1.165, 1.54) is 31.4 Å². The Hall–Kier alpha value is -0.930. The number of carbonyl (C=O) groups excluding carboxylic acids is 1. The van der Waals surface area contributed by atoms with E-state index in [0.29, 0.717) is 5.56 Å². The Balaban J connectivity index is 0.00000180. The molecule has 1 aromatic carbocycles. The minimum absolute atomic E-state index is 0. The summed E-state index contributed by atoms with van der Waals surface area (Å²) in [5.41, 5.74) is 0.612. The number of hydrogen-bond acceptors (Lipinski definition) is 2. The lowest BCUT2D eigenvalue weighted by molar-refractivity contribution is 0.0883. The van der Waals surface area contributed by atoms with Crippen molar-refractivity contribution < 1.29 is 9.18 Å². The van der Waals surface area contributed by atoms with Crippen molar-refractivity contribution in [2.75, 3.05) is 19.6 Å². The monoisotopic (exact) mass is 285 g/mol. The van der Waals surface area contributed by atoms with Crippen LogP contribution < -0.4 is 0 Å².